The Bertz CT molecular complexity index is 717. The maximum Gasteiger partial charge on any atom is 0.166 e. The summed E-state index contributed by atoms with van der Waals surface area (Å²) in [6.07, 6.45) is 2.83. The van der Waals surface area contributed by atoms with Crippen LogP contribution in [0.15, 0.2) is 24.4 Å². The normalized spacial score (nSPS) is 16.7. The van der Waals surface area contributed by atoms with Crippen LogP contribution in [-0.2, 0) is 6.42 Å². The fourth-order valence-corrected chi connectivity index (χ4v) is 2.83. The van der Waals surface area contributed by atoms with Gasteiger partial charge in [0.1, 0.15) is 5.82 Å². The number of aryl methyl sites for hydroxylation is 1. The second-order valence-electron chi connectivity index (χ2n) is 6.51. The van der Waals surface area contributed by atoms with Gasteiger partial charge in [-0.2, -0.15) is 0 Å². The second-order valence-corrected chi connectivity index (χ2v) is 6.51. The molecule has 0 fully saturated rings. The van der Waals surface area contributed by atoms with Crippen molar-refractivity contribution < 1.29 is 9.18 Å². The van der Waals surface area contributed by atoms with Gasteiger partial charge in [-0.3, -0.25) is 4.79 Å². The topological polar surface area (TPSA) is 42.9 Å². The zero-order valence-corrected chi connectivity index (χ0v) is 12.4. The highest BCUT2D eigenvalue weighted by atomic mass is 19.1. The van der Waals surface area contributed by atoms with Crippen molar-refractivity contribution in [3.8, 4) is 11.4 Å². The van der Waals surface area contributed by atoms with Crippen molar-refractivity contribution in [3.63, 3.8) is 0 Å². The van der Waals surface area contributed by atoms with Crippen molar-refractivity contribution in [3.05, 3.63) is 47.0 Å². The summed E-state index contributed by atoms with van der Waals surface area (Å²) >= 11 is 0. The van der Waals surface area contributed by atoms with Crippen LogP contribution < -0.4 is 0 Å². The summed E-state index contributed by atoms with van der Waals surface area (Å²) in [7, 11) is 0. The summed E-state index contributed by atoms with van der Waals surface area (Å²) in [6.45, 7) is 5.95. The molecule has 0 aliphatic heterocycles. The molecule has 3 nitrogen and oxygen atoms in total. The smallest absolute Gasteiger partial charge is 0.166 e. The molecule has 3 rings (SSSR count). The number of carbonyl (C=O) groups excluding carboxylic acids is 1. The van der Waals surface area contributed by atoms with Crippen LogP contribution in [0, 0.1) is 18.2 Å². The Morgan fingerprint density at radius 1 is 1.19 bits per heavy atom. The summed E-state index contributed by atoms with van der Waals surface area (Å²) in [4.78, 5) is 20.9. The number of nitrogens with zero attached hydrogens (tertiary/aromatic N) is 2. The molecule has 21 heavy (non-hydrogen) atoms. The SMILES string of the molecule is Cc1cc(F)cc(-c2ncc3c(n2)CC(C)(C)CC3=O)c1. The molecule has 1 aromatic carbocycles. The van der Waals surface area contributed by atoms with E-state index in [9.17, 15) is 9.18 Å². The molecule has 0 N–H and O–H groups in total. The monoisotopic (exact) mass is 284 g/mol. The average molecular weight is 284 g/mol. The Kier molecular flexibility index (Phi) is 3.12. The van der Waals surface area contributed by atoms with Gasteiger partial charge in [-0.05, 0) is 42.5 Å². The van der Waals surface area contributed by atoms with Crippen molar-refractivity contribution in [1.29, 1.82) is 0 Å². The van der Waals surface area contributed by atoms with Crippen LogP contribution in [0.25, 0.3) is 11.4 Å². The second kappa shape index (κ2) is 4.72. The van der Waals surface area contributed by atoms with Crippen LogP contribution in [0.4, 0.5) is 4.39 Å². The first-order valence-corrected chi connectivity index (χ1v) is 7.01. The van der Waals surface area contributed by atoms with Gasteiger partial charge in [-0.15, -0.1) is 0 Å². The van der Waals surface area contributed by atoms with Gasteiger partial charge in [0.25, 0.3) is 0 Å². The quantitative estimate of drug-likeness (QED) is 0.801. The number of rotatable bonds is 1. The highest BCUT2D eigenvalue weighted by Crippen LogP contribution is 2.34. The fourth-order valence-electron chi connectivity index (χ4n) is 2.83. The Hall–Kier alpha value is -2.10. The lowest BCUT2D eigenvalue weighted by atomic mass is 9.76. The van der Waals surface area contributed by atoms with Crippen molar-refractivity contribution >= 4 is 5.78 Å². The molecule has 1 aromatic heterocycles. The molecule has 0 amide bonds. The first kappa shape index (κ1) is 13.9. The number of fused-ring (bicyclic) bond motifs is 1. The number of hydrogen-bond acceptors (Lipinski definition) is 3. The predicted molar refractivity (Wildman–Crippen MR) is 78.6 cm³/mol. The predicted octanol–water partition coefficient (Wildman–Crippen LogP) is 3.75. The van der Waals surface area contributed by atoms with E-state index in [0.717, 1.165) is 17.7 Å². The standard InChI is InChI=1S/C17H17FN2O/c1-10-4-11(6-12(18)5-10)16-19-9-13-14(20-16)7-17(2,3)8-15(13)21/h4-6,9H,7-8H2,1-3H3. The van der Waals surface area contributed by atoms with Gasteiger partial charge in [0.05, 0.1) is 11.3 Å². The molecule has 1 aliphatic rings. The van der Waals surface area contributed by atoms with Crippen LogP contribution >= 0.6 is 0 Å². The lowest BCUT2D eigenvalue weighted by Gasteiger charge is -2.29. The van der Waals surface area contributed by atoms with Crippen LogP contribution in [0.3, 0.4) is 0 Å². The molecule has 1 aliphatic carbocycles. The van der Waals surface area contributed by atoms with Gasteiger partial charge in [-0.1, -0.05) is 13.8 Å². The number of ketones is 1. The molecule has 0 atom stereocenters. The summed E-state index contributed by atoms with van der Waals surface area (Å²) in [5.41, 5.74) is 2.75. The number of Topliss-reactive ketones (excluding diaryl/α,β-unsaturated/α-hetero) is 1. The first-order valence-electron chi connectivity index (χ1n) is 7.01. The van der Waals surface area contributed by atoms with Gasteiger partial charge in [0.15, 0.2) is 11.6 Å². The summed E-state index contributed by atoms with van der Waals surface area (Å²) < 4.78 is 13.5. The van der Waals surface area contributed by atoms with E-state index in [1.54, 1.807) is 6.20 Å². The lowest BCUT2D eigenvalue weighted by molar-refractivity contribution is 0.0910. The highest BCUT2D eigenvalue weighted by molar-refractivity contribution is 5.98. The molecule has 0 unspecified atom stereocenters. The van der Waals surface area contributed by atoms with Gasteiger partial charge in [0, 0.05) is 18.2 Å². The summed E-state index contributed by atoms with van der Waals surface area (Å²) in [6, 6.07) is 4.74. The molecule has 1 heterocycles. The first-order chi connectivity index (χ1) is 9.84. The molecule has 0 bridgehead atoms. The maximum atomic E-state index is 13.5. The molecule has 0 saturated carbocycles. The van der Waals surface area contributed by atoms with E-state index in [2.05, 4.69) is 23.8 Å². The minimum Gasteiger partial charge on any atom is -0.294 e. The van der Waals surface area contributed by atoms with Gasteiger partial charge in [0.2, 0.25) is 0 Å². The number of aromatic nitrogens is 2. The third-order valence-corrected chi connectivity index (χ3v) is 3.75. The van der Waals surface area contributed by atoms with Crippen molar-refractivity contribution in [2.24, 2.45) is 5.41 Å². The molecular weight excluding hydrogens is 267 g/mol. The van der Waals surface area contributed by atoms with Crippen LogP contribution in [0.5, 0.6) is 0 Å². The van der Waals surface area contributed by atoms with E-state index in [0.29, 0.717) is 23.4 Å². The molecule has 0 radical (unpaired) electrons. The summed E-state index contributed by atoms with van der Waals surface area (Å²) in [5, 5.41) is 0. The number of benzene rings is 1. The van der Waals surface area contributed by atoms with Gasteiger partial charge >= 0.3 is 0 Å². The third-order valence-electron chi connectivity index (χ3n) is 3.75. The maximum absolute atomic E-state index is 13.5. The van der Waals surface area contributed by atoms with Crippen LogP contribution in [-0.4, -0.2) is 15.8 Å². The minimum absolute atomic E-state index is 0.0863. The van der Waals surface area contributed by atoms with Crippen LogP contribution in [0.1, 0.15) is 41.9 Å². The molecular formula is C17H17FN2O. The van der Waals surface area contributed by atoms with Crippen molar-refractivity contribution in [1.82, 2.24) is 9.97 Å². The molecule has 2 aromatic rings. The summed E-state index contributed by atoms with van der Waals surface area (Å²) in [5.74, 6) is 0.257. The fraction of sp³-hybridized carbons (Fsp3) is 0.353. The highest BCUT2D eigenvalue weighted by Gasteiger charge is 2.32. The Morgan fingerprint density at radius 3 is 2.67 bits per heavy atom. The van der Waals surface area contributed by atoms with Crippen molar-refractivity contribution in [2.45, 2.75) is 33.6 Å². The van der Waals surface area contributed by atoms with E-state index in [1.807, 2.05) is 13.0 Å². The number of hydrogen-bond donors (Lipinski definition) is 0. The molecule has 0 spiro atoms. The largest absolute Gasteiger partial charge is 0.294 e. The van der Waals surface area contributed by atoms with Crippen molar-refractivity contribution in [2.75, 3.05) is 0 Å². The van der Waals surface area contributed by atoms with Gasteiger partial charge in [-0.25, -0.2) is 14.4 Å². The van der Waals surface area contributed by atoms with E-state index in [-0.39, 0.29) is 17.0 Å². The van der Waals surface area contributed by atoms with E-state index < -0.39 is 0 Å². The molecule has 4 heteroatoms. The lowest BCUT2D eigenvalue weighted by Crippen LogP contribution is -2.28. The molecule has 108 valence electrons. The zero-order chi connectivity index (χ0) is 15.2. The minimum atomic E-state index is -0.303. The molecule has 0 saturated heterocycles. The van der Waals surface area contributed by atoms with E-state index in [1.165, 1.54) is 12.1 Å². The Balaban J connectivity index is 2.09. The zero-order valence-electron chi connectivity index (χ0n) is 12.4. The number of carbonyl (C=O) groups is 1. The van der Waals surface area contributed by atoms with E-state index >= 15 is 0 Å². The number of halogens is 1. The Morgan fingerprint density at radius 2 is 1.95 bits per heavy atom. The third kappa shape index (κ3) is 2.71. The van der Waals surface area contributed by atoms with Crippen LogP contribution in [0.2, 0.25) is 0 Å². The van der Waals surface area contributed by atoms with Gasteiger partial charge < -0.3 is 0 Å². The van der Waals surface area contributed by atoms with E-state index in [4.69, 9.17) is 0 Å². The Labute approximate surface area is 123 Å². The average Bonchev–Trinajstić information content (AvgIpc) is 2.35.